The summed E-state index contributed by atoms with van der Waals surface area (Å²) in [7, 11) is 0. The molecule has 0 radical (unpaired) electrons. The molecule has 2 aliphatic rings. The van der Waals surface area contributed by atoms with Crippen LogP contribution in [0.1, 0.15) is 71.2 Å². The first-order valence-electron chi connectivity index (χ1n) is 12.9. The van der Waals surface area contributed by atoms with Crippen LogP contribution in [0.5, 0.6) is 0 Å². The Labute approximate surface area is 202 Å². The van der Waals surface area contributed by atoms with Crippen molar-refractivity contribution < 1.29 is 9.59 Å². The van der Waals surface area contributed by atoms with Crippen molar-refractivity contribution >= 4 is 22.6 Å². The van der Waals surface area contributed by atoms with Gasteiger partial charge < -0.3 is 10.2 Å². The van der Waals surface area contributed by atoms with E-state index in [9.17, 15) is 9.59 Å². The molecule has 1 N–H and O–H groups in total. The second-order valence-corrected chi connectivity index (χ2v) is 9.80. The summed E-state index contributed by atoms with van der Waals surface area (Å²) in [6, 6.07) is 22.3. The predicted molar refractivity (Wildman–Crippen MR) is 137 cm³/mol. The number of hydrogen-bond acceptors (Lipinski definition) is 2. The molecule has 176 valence electrons. The third-order valence-corrected chi connectivity index (χ3v) is 7.67. The Hall–Kier alpha value is -3.14. The summed E-state index contributed by atoms with van der Waals surface area (Å²) in [6.07, 6.45) is 9.05. The zero-order valence-electron chi connectivity index (χ0n) is 19.8. The highest BCUT2D eigenvalue weighted by molar-refractivity contribution is 6.14. The van der Waals surface area contributed by atoms with Gasteiger partial charge in [-0.3, -0.25) is 9.59 Å². The summed E-state index contributed by atoms with van der Waals surface area (Å²) >= 11 is 0. The number of fused-ring (bicyclic) bond motifs is 2. The van der Waals surface area contributed by atoms with Crippen LogP contribution in [0.3, 0.4) is 0 Å². The van der Waals surface area contributed by atoms with Gasteiger partial charge in [0.15, 0.2) is 0 Å². The molecule has 1 aliphatic heterocycles. The molecular weight excluding hydrogens is 420 g/mol. The van der Waals surface area contributed by atoms with Crippen molar-refractivity contribution in [3.63, 3.8) is 0 Å². The number of likely N-dealkylation sites (tertiary alicyclic amines) is 1. The highest BCUT2D eigenvalue weighted by Gasteiger charge is 2.36. The predicted octanol–water partition coefficient (Wildman–Crippen LogP) is 6.00. The minimum absolute atomic E-state index is 0.0754. The molecule has 2 fully saturated rings. The van der Waals surface area contributed by atoms with Crippen LogP contribution in [0.2, 0.25) is 0 Å². The Morgan fingerprint density at radius 1 is 0.794 bits per heavy atom. The van der Waals surface area contributed by atoms with Crippen molar-refractivity contribution in [2.24, 2.45) is 5.92 Å². The zero-order valence-corrected chi connectivity index (χ0v) is 19.8. The van der Waals surface area contributed by atoms with E-state index in [1.54, 1.807) is 0 Å². The van der Waals surface area contributed by atoms with Gasteiger partial charge in [0.2, 0.25) is 0 Å². The van der Waals surface area contributed by atoms with Gasteiger partial charge in [0.05, 0.1) is 0 Å². The molecule has 1 saturated heterocycles. The second-order valence-electron chi connectivity index (χ2n) is 9.80. The largest absolute Gasteiger partial charge is 0.352 e. The van der Waals surface area contributed by atoms with E-state index >= 15 is 0 Å². The topological polar surface area (TPSA) is 49.4 Å². The number of nitrogens with one attached hydrogen (secondary N) is 1. The standard InChI is InChI=1S/C30H34N2O2/c33-29(31-20-8-12-22-10-2-1-3-11-22)26-18-19-27(25-16-6-5-15-24(25)26)30(34)32-21-9-14-23-13-4-7-17-28(23)32/h1-3,5-6,10-11,15-16,18-19,23,28H,4,7-9,12-14,17,20-21H2,(H,31,33)/t23-,28-/m0/s1. The van der Waals surface area contributed by atoms with Crippen LogP contribution in [-0.2, 0) is 6.42 Å². The Balaban J connectivity index is 1.32. The maximum absolute atomic E-state index is 13.7. The Kier molecular flexibility index (Phi) is 6.94. The van der Waals surface area contributed by atoms with E-state index in [-0.39, 0.29) is 11.8 Å². The van der Waals surface area contributed by atoms with E-state index < -0.39 is 0 Å². The second kappa shape index (κ2) is 10.4. The molecule has 4 heteroatoms. The van der Waals surface area contributed by atoms with E-state index in [0.29, 0.717) is 24.1 Å². The molecule has 0 spiro atoms. The normalized spacial score (nSPS) is 20.1. The minimum Gasteiger partial charge on any atom is -0.352 e. The number of aryl methyl sites for hydroxylation is 1. The summed E-state index contributed by atoms with van der Waals surface area (Å²) in [4.78, 5) is 28.9. The van der Waals surface area contributed by atoms with Crippen LogP contribution in [0.25, 0.3) is 10.8 Å². The van der Waals surface area contributed by atoms with Crippen molar-refractivity contribution in [3.8, 4) is 0 Å². The molecule has 5 rings (SSSR count). The van der Waals surface area contributed by atoms with Crippen LogP contribution >= 0.6 is 0 Å². The summed E-state index contributed by atoms with van der Waals surface area (Å²) in [6.45, 7) is 1.47. The quantitative estimate of drug-likeness (QED) is 0.465. The molecule has 3 aromatic carbocycles. The lowest BCUT2D eigenvalue weighted by molar-refractivity contribution is 0.0392. The number of benzene rings is 3. The number of piperidine rings is 1. The zero-order chi connectivity index (χ0) is 23.3. The van der Waals surface area contributed by atoms with E-state index in [4.69, 9.17) is 0 Å². The smallest absolute Gasteiger partial charge is 0.254 e. The number of rotatable bonds is 6. The fraction of sp³-hybridized carbons (Fsp3) is 0.400. The first kappa shape index (κ1) is 22.6. The fourth-order valence-corrected chi connectivity index (χ4v) is 5.95. The number of hydrogen-bond donors (Lipinski definition) is 1. The Morgan fingerprint density at radius 2 is 1.47 bits per heavy atom. The summed E-state index contributed by atoms with van der Waals surface area (Å²) < 4.78 is 0. The number of carbonyl (C=O) groups excluding carboxylic acids is 2. The average molecular weight is 455 g/mol. The Bertz CT molecular complexity index is 1150. The third-order valence-electron chi connectivity index (χ3n) is 7.67. The molecule has 34 heavy (non-hydrogen) atoms. The van der Waals surface area contributed by atoms with Crippen molar-refractivity contribution in [2.75, 3.05) is 13.1 Å². The molecule has 1 saturated carbocycles. The third kappa shape index (κ3) is 4.72. The lowest BCUT2D eigenvalue weighted by Crippen LogP contribution is -2.49. The van der Waals surface area contributed by atoms with E-state index in [1.165, 1.54) is 31.2 Å². The lowest BCUT2D eigenvalue weighted by atomic mass is 9.78. The molecule has 0 bridgehead atoms. The van der Waals surface area contributed by atoms with Crippen molar-refractivity contribution in [1.82, 2.24) is 10.2 Å². The van der Waals surface area contributed by atoms with Gasteiger partial charge in [0.1, 0.15) is 0 Å². The first-order valence-corrected chi connectivity index (χ1v) is 12.9. The summed E-state index contributed by atoms with van der Waals surface area (Å²) in [5.41, 5.74) is 2.64. The van der Waals surface area contributed by atoms with E-state index in [1.807, 2.05) is 54.6 Å². The van der Waals surface area contributed by atoms with Crippen LogP contribution in [-0.4, -0.2) is 35.8 Å². The first-order chi connectivity index (χ1) is 16.7. The number of nitrogens with zero attached hydrogens (tertiary/aromatic N) is 1. The van der Waals surface area contributed by atoms with E-state index in [0.717, 1.165) is 48.6 Å². The summed E-state index contributed by atoms with van der Waals surface area (Å²) in [5, 5.41) is 4.81. The molecule has 3 aromatic rings. The maximum atomic E-state index is 13.7. The Morgan fingerprint density at radius 3 is 2.29 bits per heavy atom. The highest BCUT2D eigenvalue weighted by atomic mass is 16.2. The fourth-order valence-electron chi connectivity index (χ4n) is 5.95. The van der Waals surface area contributed by atoms with Crippen LogP contribution in [0.15, 0.2) is 66.7 Å². The maximum Gasteiger partial charge on any atom is 0.254 e. The van der Waals surface area contributed by atoms with Gasteiger partial charge >= 0.3 is 0 Å². The molecule has 1 aliphatic carbocycles. The molecule has 2 atom stereocenters. The number of carbonyl (C=O) groups is 2. The van der Waals surface area contributed by atoms with E-state index in [2.05, 4.69) is 22.3 Å². The molecule has 0 unspecified atom stereocenters. The van der Waals surface area contributed by atoms with Gasteiger partial charge in [-0.05, 0) is 72.9 Å². The van der Waals surface area contributed by atoms with Gasteiger partial charge in [0.25, 0.3) is 11.8 Å². The van der Waals surface area contributed by atoms with Gasteiger partial charge in [-0.2, -0.15) is 0 Å². The van der Waals surface area contributed by atoms with Crippen molar-refractivity contribution in [1.29, 1.82) is 0 Å². The molecule has 2 amide bonds. The molecule has 4 nitrogen and oxygen atoms in total. The molecule has 0 aromatic heterocycles. The van der Waals surface area contributed by atoms with Crippen LogP contribution < -0.4 is 5.32 Å². The van der Waals surface area contributed by atoms with Crippen molar-refractivity contribution in [2.45, 2.75) is 57.4 Å². The van der Waals surface area contributed by atoms with Crippen molar-refractivity contribution in [3.05, 3.63) is 83.4 Å². The molecular formula is C30H34N2O2. The van der Waals surface area contributed by atoms with Crippen LogP contribution in [0, 0.1) is 5.92 Å². The number of amides is 2. The monoisotopic (exact) mass is 454 g/mol. The van der Waals surface area contributed by atoms with Gasteiger partial charge in [-0.15, -0.1) is 0 Å². The van der Waals surface area contributed by atoms with Gasteiger partial charge in [-0.1, -0.05) is 67.4 Å². The molecule has 1 heterocycles. The summed E-state index contributed by atoms with van der Waals surface area (Å²) in [5.74, 6) is 0.704. The lowest BCUT2D eigenvalue weighted by Gasteiger charge is -2.44. The van der Waals surface area contributed by atoms with Crippen LogP contribution in [0.4, 0.5) is 0 Å². The van der Waals surface area contributed by atoms with Gasteiger partial charge in [0, 0.05) is 30.3 Å². The SMILES string of the molecule is O=C(NCCCc1ccccc1)c1ccc(C(=O)N2CCC[C@@H]3CCCC[C@@H]32)c2ccccc12. The van der Waals surface area contributed by atoms with Gasteiger partial charge in [-0.25, -0.2) is 0 Å². The average Bonchev–Trinajstić information content (AvgIpc) is 2.90. The highest BCUT2D eigenvalue weighted by Crippen LogP contribution is 2.36. The minimum atomic E-state index is -0.0754.